The summed E-state index contributed by atoms with van der Waals surface area (Å²) in [6.07, 6.45) is 0.890. The third-order valence-corrected chi connectivity index (χ3v) is 3.93. The minimum absolute atomic E-state index is 0.0391. The van der Waals surface area contributed by atoms with Gasteiger partial charge in [-0.3, -0.25) is 4.79 Å². The number of fused-ring (bicyclic) bond motifs is 1. The van der Waals surface area contributed by atoms with Crippen LogP contribution in [0.3, 0.4) is 0 Å². The van der Waals surface area contributed by atoms with Gasteiger partial charge in [0.2, 0.25) is 5.91 Å². The topological polar surface area (TPSA) is 46.9 Å². The van der Waals surface area contributed by atoms with Crippen molar-refractivity contribution in [1.82, 2.24) is 14.9 Å². The van der Waals surface area contributed by atoms with E-state index in [0.29, 0.717) is 30.7 Å². The second kappa shape index (κ2) is 5.26. The summed E-state index contributed by atoms with van der Waals surface area (Å²) in [7, 11) is 0. The largest absolute Gasteiger partial charge is 0.354 e. The van der Waals surface area contributed by atoms with Crippen molar-refractivity contribution < 1.29 is 13.6 Å². The minimum Gasteiger partial charge on any atom is -0.354 e. The highest BCUT2D eigenvalue weighted by molar-refractivity contribution is 6.20. The molecule has 0 saturated carbocycles. The van der Waals surface area contributed by atoms with Crippen molar-refractivity contribution in [2.45, 2.75) is 31.2 Å². The Labute approximate surface area is 125 Å². The van der Waals surface area contributed by atoms with Crippen LogP contribution in [-0.2, 0) is 4.79 Å². The summed E-state index contributed by atoms with van der Waals surface area (Å²) in [5.74, 6) is -1.40. The maximum absolute atomic E-state index is 14.2. The van der Waals surface area contributed by atoms with Gasteiger partial charge in [-0.1, -0.05) is 0 Å². The first kappa shape index (κ1) is 14.3. The SMILES string of the molecule is CC(Cl)c1nc2ccc(F)c(F)c2n1C1CCC(=O)NC1. The Balaban J connectivity index is 2.20. The molecule has 1 aliphatic rings. The van der Waals surface area contributed by atoms with Crippen molar-refractivity contribution in [3.05, 3.63) is 29.6 Å². The van der Waals surface area contributed by atoms with Crippen LogP contribution in [0.25, 0.3) is 11.0 Å². The first-order valence-corrected chi connectivity index (χ1v) is 7.19. The number of carbonyl (C=O) groups excluding carboxylic acids is 1. The van der Waals surface area contributed by atoms with Crippen LogP contribution in [0.15, 0.2) is 12.1 Å². The van der Waals surface area contributed by atoms with Crippen molar-refractivity contribution in [3.63, 3.8) is 0 Å². The van der Waals surface area contributed by atoms with Crippen LogP contribution < -0.4 is 5.32 Å². The lowest BCUT2D eigenvalue weighted by molar-refractivity contribution is -0.122. The van der Waals surface area contributed by atoms with Gasteiger partial charge in [-0.25, -0.2) is 13.8 Å². The highest BCUT2D eigenvalue weighted by atomic mass is 35.5. The van der Waals surface area contributed by atoms with E-state index < -0.39 is 17.0 Å². The van der Waals surface area contributed by atoms with E-state index in [4.69, 9.17) is 11.6 Å². The molecule has 1 fully saturated rings. The molecular weight excluding hydrogens is 300 g/mol. The molecule has 1 aromatic heterocycles. The van der Waals surface area contributed by atoms with Gasteiger partial charge in [-0.15, -0.1) is 11.6 Å². The van der Waals surface area contributed by atoms with Gasteiger partial charge >= 0.3 is 0 Å². The predicted octanol–water partition coefficient (Wildman–Crippen LogP) is 3.07. The Morgan fingerprint density at radius 2 is 2.24 bits per heavy atom. The Hall–Kier alpha value is -1.69. The lowest BCUT2D eigenvalue weighted by atomic mass is 10.1. The van der Waals surface area contributed by atoms with Crippen molar-refractivity contribution >= 4 is 28.5 Å². The smallest absolute Gasteiger partial charge is 0.220 e. The summed E-state index contributed by atoms with van der Waals surface area (Å²) in [4.78, 5) is 15.6. The molecule has 1 amide bonds. The van der Waals surface area contributed by atoms with Crippen molar-refractivity contribution in [3.8, 4) is 0 Å². The number of piperidine rings is 1. The second-order valence-electron chi connectivity index (χ2n) is 5.18. The summed E-state index contributed by atoms with van der Waals surface area (Å²) in [6, 6.07) is 2.31. The average Bonchev–Trinajstić information content (AvgIpc) is 2.84. The molecule has 2 heterocycles. The first-order chi connectivity index (χ1) is 9.99. The number of alkyl halides is 1. The number of rotatable bonds is 2. The van der Waals surface area contributed by atoms with Crippen LogP contribution in [0.4, 0.5) is 8.78 Å². The fourth-order valence-electron chi connectivity index (χ4n) is 2.73. The summed E-state index contributed by atoms with van der Waals surface area (Å²) in [5, 5.41) is 2.29. The Morgan fingerprint density at radius 1 is 1.48 bits per heavy atom. The highest BCUT2D eigenvalue weighted by Crippen LogP contribution is 2.32. The molecule has 2 atom stereocenters. The Bertz CT molecular complexity index is 704. The van der Waals surface area contributed by atoms with Crippen molar-refractivity contribution in [1.29, 1.82) is 0 Å². The van der Waals surface area contributed by atoms with E-state index in [-0.39, 0.29) is 17.5 Å². The molecule has 7 heteroatoms. The van der Waals surface area contributed by atoms with Gasteiger partial charge in [0.05, 0.1) is 16.9 Å². The molecule has 112 valence electrons. The van der Waals surface area contributed by atoms with Crippen LogP contribution in [0.2, 0.25) is 0 Å². The van der Waals surface area contributed by atoms with Gasteiger partial charge in [0.15, 0.2) is 11.6 Å². The number of halogens is 3. The van der Waals surface area contributed by atoms with E-state index in [1.165, 1.54) is 6.07 Å². The van der Waals surface area contributed by atoms with Crippen molar-refractivity contribution in [2.75, 3.05) is 6.54 Å². The van der Waals surface area contributed by atoms with Crippen LogP contribution in [0, 0.1) is 11.6 Å². The highest BCUT2D eigenvalue weighted by Gasteiger charge is 2.27. The lowest BCUT2D eigenvalue weighted by Gasteiger charge is -2.26. The Morgan fingerprint density at radius 3 is 2.86 bits per heavy atom. The number of imidazole rings is 1. The average molecular weight is 314 g/mol. The van der Waals surface area contributed by atoms with E-state index in [9.17, 15) is 13.6 Å². The molecule has 0 bridgehead atoms. The van der Waals surface area contributed by atoms with Gasteiger partial charge in [0.1, 0.15) is 11.3 Å². The van der Waals surface area contributed by atoms with Crippen molar-refractivity contribution in [2.24, 2.45) is 0 Å². The minimum atomic E-state index is -0.930. The molecule has 0 aliphatic carbocycles. The van der Waals surface area contributed by atoms with E-state index in [1.807, 2.05) is 0 Å². The zero-order valence-corrected chi connectivity index (χ0v) is 12.1. The van der Waals surface area contributed by atoms with E-state index >= 15 is 0 Å². The lowest BCUT2D eigenvalue weighted by Crippen LogP contribution is -2.36. The predicted molar refractivity (Wildman–Crippen MR) is 75.2 cm³/mol. The normalized spacial score (nSPS) is 20.6. The molecule has 2 aromatic rings. The summed E-state index contributed by atoms with van der Waals surface area (Å²) in [6.45, 7) is 2.09. The van der Waals surface area contributed by atoms with Gasteiger partial charge in [-0.2, -0.15) is 0 Å². The number of amides is 1. The molecule has 4 nitrogen and oxygen atoms in total. The number of carbonyl (C=O) groups is 1. The molecular formula is C14H14ClF2N3O. The van der Waals surface area contributed by atoms with Gasteiger partial charge < -0.3 is 9.88 Å². The van der Waals surface area contributed by atoms with Gasteiger partial charge in [0.25, 0.3) is 0 Å². The molecule has 1 saturated heterocycles. The van der Waals surface area contributed by atoms with Gasteiger partial charge in [-0.05, 0) is 25.5 Å². The number of benzene rings is 1. The van der Waals surface area contributed by atoms with Gasteiger partial charge in [0, 0.05) is 13.0 Å². The zero-order chi connectivity index (χ0) is 15.1. The summed E-state index contributed by atoms with van der Waals surface area (Å²) >= 11 is 6.13. The number of hydrogen-bond donors (Lipinski definition) is 1. The van der Waals surface area contributed by atoms with Crippen LogP contribution >= 0.6 is 11.6 Å². The second-order valence-corrected chi connectivity index (χ2v) is 5.84. The van der Waals surface area contributed by atoms with Crippen LogP contribution in [0.1, 0.15) is 37.0 Å². The molecule has 21 heavy (non-hydrogen) atoms. The number of aromatic nitrogens is 2. The summed E-state index contributed by atoms with van der Waals surface area (Å²) < 4.78 is 29.4. The number of hydrogen-bond acceptors (Lipinski definition) is 2. The maximum Gasteiger partial charge on any atom is 0.220 e. The third-order valence-electron chi connectivity index (χ3n) is 3.73. The monoisotopic (exact) mass is 313 g/mol. The Kier molecular flexibility index (Phi) is 3.57. The van der Waals surface area contributed by atoms with E-state index in [0.717, 1.165) is 6.07 Å². The molecule has 2 unspecified atom stereocenters. The van der Waals surface area contributed by atoms with Crippen LogP contribution in [-0.4, -0.2) is 22.0 Å². The molecule has 1 N–H and O–H groups in total. The summed E-state index contributed by atoms with van der Waals surface area (Å²) in [5.41, 5.74) is 0.479. The molecule has 1 aliphatic heterocycles. The molecule has 3 rings (SSSR count). The number of nitrogens with zero attached hydrogens (tertiary/aromatic N) is 2. The van der Waals surface area contributed by atoms with E-state index in [1.54, 1.807) is 11.5 Å². The third kappa shape index (κ3) is 2.37. The standard InChI is InChI=1S/C14H14ClF2N3O/c1-7(15)14-19-10-4-3-9(16)12(17)13(10)20(14)8-2-5-11(21)18-6-8/h3-4,7-8H,2,5-6H2,1H3,(H,18,21). The van der Waals surface area contributed by atoms with Crippen LogP contribution in [0.5, 0.6) is 0 Å². The molecule has 0 radical (unpaired) electrons. The molecule has 0 spiro atoms. The van der Waals surface area contributed by atoms with E-state index in [2.05, 4.69) is 10.3 Å². The maximum atomic E-state index is 14.2. The fraction of sp³-hybridized carbons (Fsp3) is 0.429. The quantitative estimate of drug-likeness (QED) is 0.866. The zero-order valence-electron chi connectivity index (χ0n) is 11.4. The first-order valence-electron chi connectivity index (χ1n) is 6.75. The molecule has 1 aromatic carbocycles. The number of nitrogens with one attached hydrogen (secondary N) is 1. The fourth-order valence-corrected chi connectivity index (χ4v) is 2.89.